The minimum Gasteiger partial charge on any atom is -0.385 e. The van der Waals surface area contributed by atoms with E-state index in [2.05, 4.69) is 9.97 Å². The predicted octanol–water partition coefficient (Wildman–Crippen LogP) is 1.12. The van der Waals surface area contributed by atoms with Crippen LogP contribution in [0.4, 0.5) is 0 Å². The van der Waals surface area contributed by atoms with Crippen molar-refractivity contribution in [3.8, 4) is 0 Å². The second kappa shape index (κ2) is 6.07. The Labute approximate surface area is 103 Å². The number of hydrogen-bond donors (Lipinski definition) is 1. The molecule has 17 heavy (non-hydrogen) atoms. The number of aryl methyl sites for hydroxylation is 2. The molecule has 1 heterocycles. The van der Waals surface area contributed by atoms with Gasteiger partial charge < -0.3 is 10.5 Å². The number of nitrogens with two attached hydrogens (primary N) is 1. The van der Waals surface area contributed by atoms with Crippen molar-refractivity contribution in [3.63, 3.8) is 0 Å². The van der Waals surface area contributed by atoms with Gasteiger partial charge in [-0.3, -0.25) is 0 Å². The fourth-order valence-electron chi connectivity index (χ4n) is 2.32. The smallest absolute Gasteiger partial charge is 0.128 e. The SMILES string of the molecule is COCCCc1ncc2c(n1)CCC(CN)C2. The highest BCUT2D eigenvalue weighted by molar-refractivity contribution is 5.21. The first-order valence-corrected chi connectivity index (χ1v) is 6.36. The normalized spacial score (nSPS) is 19.1. The number of aromatic nitrogens is 2. The van der Waals surface area contributed by atoms with Gasteiger partial charge in [-0.15, -0.1) is 0 Å². The van der Waals surface area contributed by atoms with Gasteiger partial charge in [0.25, 0.3) is 0 Å². The molecule has 1 atom stereocenters. The van der Waals surface area contributed by atoms with Gasteiger partial charge in [0, 0.05) is 32.0 Å². The maximum Gasteiger partial charge on any atom is 0.128 e. The van der Waals surface area contributed by atoms with E-state index in [0.717, 1.165) is 51.1 Å². The van der Waals surface area contributed by atoms with Crippen molar-refractivity contribution in [1.82, 2.24) is 9.97 Å². The van der Waals surface area contributed by atoms with Gasteiger partial charge in [-0.1, -0.05) is 0 Å². The lowest BCUT2D eigenvalue weighted by molar-refractivity contribution is 0.194. The summed E-state index contributed by atoms with van der Waals surface area (Å²) in [7, 11) is 1.72. The second-order valence-electron chi connectivity index (χ2n) is 4.70. The quantitative estimate of drug-likeness (QED) is 0.777. The van der Waals surface area contributed by atoms with E-state index in [9.17, 15) is 0 Å². The zero-order valence-electron chi connectivity index (χ0n) is 10.5. The number of ether oxygens (including phenoxy) is 1. The molecule has 2 N–H and O–H groups in total. The summed E-state index contributed by atoms with van der Waals surface area (Å²) in [4.78, 5) is 9.07. The van der Waals surface area contributed by atoms with Gasteiger partial charge >= 0.3 is 0 Å². The molecule has 0 saturated heterocycles. The molecule has 0 fully saturated rings. The van der Waals surface area contributed by atoms with E-state index < -0.39 is 0 Å². The summed E-state index contributed by atoms with van der Waals surface area (Å²) >= 11 is 0. The Morgan fingerprint density at radius 1 is 1.53 bits per heavy atom. The number of hydrogen-bond acceptors (Lipinski definition) is 4. The van der Waals surface area contributed by atoms with Crippen LogP contribution in [0.3, 0.4) is 0 Å². The first-order chi connectivity index (χ1) is 8.33. The lowest BCUT2D eigenvalue weighted by Crippen LogP contribution is -2.23. The van der Waals surface area contributed by atoms with Crippen molar-refractivity contribution in [2.75, 3.05) is 20.3 Å². The zero-order valence-corrected chi connectivity index (χ0v) is 10.5. The third-order valence-corrected chi connectivity index (χ3v) is 3.38. The fraction of sp³-hybridized carbons (Fsp3) is 0.692. The highest BCUT2D eigenvalue weighted by Gasteiger charge is 2.19. The van der Waals surface area contributed by atoms with Crippen molar-refractivity contribution in [2.24, 2.45) is 11.7 Å². The average molecular weight is 235 g/mol. The monoisotopic (exact) mass is 235 g/mol. The van der Waals surface area contributed by atoms with Gasteiger partial charge in [-0.05, 0) is 43.7 Å². The molecule has 2 rings (SSSR count). The van der Waals surface area contributed by atoms with Crippen LogP contribution < -0.4 is 5.73 Å². The Bertz CT molecular complexity index is 368. The molecular weight excluding hydrogens is 214 g/mol. The molecule has 4 heteroatoms. The summed E-state index contributed by atoms with van der Waals surface area (Å²) in [5.41, 5.74) is 8.24. The third kappa shape index (κ3) is 3.23. The molecule has 1 aliphatic carbocycles. The summed E-state index contributed by atoms with van der Waals surface area (Å²) in [5.74, 6) is 1.57. The molecule has 1 aromatic rings. The lowest BCUT2D eigenvalue weighted by atomic mass is 9.87. The summed E-state index contributed by atoms with van der Waals surface area (Å²) in [6.07, 6.45) is 7.15. The van der Waals surface area contributed by atoms with Gasteiger partial charge in [0.15, 0.2) is 0 Å². The Hall–Kier alpha value is -1.00. The van der Waals surface area contributed by atoms with Gasteiger partial charge in [0.1, 0.15) is 5.82 Å². The Morgan fingerprint density at radius 3 is 3.18 bits per heavy atom. The largest absolute Gasteiger partial charge is 0.385 e. The highest BCUT2D eigenvalue weighted by atomic mass is 16.5. The summed E-state index contributed by atoms with van der Waals surface area (Å²) in [6.45, 7) is 1.55. The van der Waals surface area contributed by atoms with Crippen LogP contribution in [0.15, 0.2) is 6.20 Å². The van der Waals surface area contributed by atoms with E-state index in [1.54, 1.807) is 7.11 Å². The van der Waals surface area contributed by atoms with Crippen molar-refractivity contribution in [2.45, 2.75) is 32.1 Å². The molecule has 0 radical (unpaired) electrons. The maximum absolute atomic E-state index is 5.72. The zero-order chi connectivity index (χ0) is 12.1. The molecule has 1 aromatic heterocycles. The van der Waals surface area contributed by atoms with Crippen LogP contribution in [0.25, 0.3) is 0 Å². The minimum atomic E-state index is 0.616. The second-order valence-corrected chi connectivity index (χ2v) is 4.70. The van der Waals surface area contributed by atoms with Gasteiger partial charge in [0.2, 0.25) is 0 Å². The molecule has 94 valence electrons. The molecule has 1 unspecified atom stereocenters. The Kier molecular flexibility index (Phi) is 4.45. The van der Waals surface area contributed by atoms with Crippen LogP contribution in [0.5, 0.6) is 0 Å². The Morgan fingerprint density at radius 2 is 2.41 bits per heavy atom. The number of rotatable bonds is 5. The molecule has 0 aromatic carbocycles. The van der Waals surface area contributed by atoms with Gasteiger partial charge in [-0.25, -0.2) is 9.97 Å². The van der Waals surface area contributed by atoms with E-state index in [1.165, 1.54) is 11.3 Å². The summed E-state index contributed by atoms with van der Waals surface area (Å²) < 4.78 is 5.04. The van der Waals surface area contributed by atoms with E-state index in [0.29, 0.717) is 5.92 Å². The molecule has 1 aliphatic rings. The lowest BCUT2D eigenvalue weighted by Gasteiger charge is -2.22. The van der Waals surface area contributed by atoms with Gasteiger partial charge in [0.05, 0.1) is 0 Å². The minimum absolute atomic E-state index is 0.616. The van der Waals surface area contributed by atoms with Crippen molar-refractivity contribution < 1.29 is 4.74 Å². The first-order valence-electron chi connectivity index (χ1n) is 6.36. The molecular formula is C13H21N3O. The number of methoxy groups -OCH3 is 1. The molecule has 4 nitrogen and oxygen atoms in total. The van der Waals surface area contributed by atoms with E-state index in [4.69, 9.17) is 10.5 Å². The molecule has 0 aliphatic heterocycles. The predicted molar refractivity (Wildman–Crippen MR) is 66.8 cm³/mol. The van der Waals surface area contributed by atoms with Crippen LogP contribution in [0.1, 0.15) is 29.9 Å². The van der Waals surface area contributed by atoms with Crippen molar-refractivity contribution >= 4 is 0 Å². The fourth-order valence-corrected chi connectivity index (χ4v) is 2.32. The average Bonchev–Trinajstić information content (AvgIpc) is 2.38. The van der Waals surface area contributed by atoms with Crippen molar-refractivity contribution in [1.29, 1.82) is 0 Å². The van der Waals surface area contributed by atoms with Crippen LogP contribution in [0, 0.1) is 5.92 Å². The number of fused-ring (bicyclic) bond motifs is 1. The van der Waals surface area contributed by atoms with Gasteiger partial charge in [-0.2, -0.15) is 0 Å². The van der Waals surface area contributed by atoms with E-state index in [-0.39, 0.29) is 0 Å². The summed E-state index contributed by atoms with van der Waals surface area (Å²) in [6, 6.07) is 0. The molecule has 0 saturated carbocycles. The van der Waals surface area contributed by atoms with Crippen LogP contribution >= 0.6 is 0 Å². The van der Waals surface area contributed by atoms with Crippen molar-refractivity contribution in [3.05, 3.63) is 23.3 Å². The van der Waals surface area contributed by atoms with E-state index >= 15 is 0 Å². The maximum atomic E-state index is 5.72. The highest BCUT2D eigenvalue weighted by Crippen LogP contribution is 2.23. The van der Waals surface area contributed by atoms with Crippen LogP contribution in [-0.4, -0.2) is 30.2 Å². The van der Waals surface area contributed by atoms with Crippen LogP contribution in [-0.2, 0) is 24.0 Å². The Balaban J connectivity index is 2.00. The number of nitrogens with zero attached hydrogens (tertiary/aromatic N) is 2. The molecule has 0 spiro atoms. The third-order valence-electron chi connectivity index (χ3n) is 3.38. The summed E-state index contributed by atoms with van der Waals surface area (Å²) in [5, 5.41) is 0. The standard InChI is InChI=1S/C13H21N3O/c1-17-6-2-3-13-15-9-11-7-10(8-14)4-5-12(11)16-13/h9-10H,2-8,14H2,1H3. The molecule has 0 bridgehead atoms. The topological polar surface area (TPSA) is 61.0 Å². The van der Waals surface area contributed by atoms with E-state index in [1.807, 2.05) is 6.20 Å². The van der Waals surface area contributed by atoms with Crippen LogP contribution in [0.2, 0.25) is 0 Å². The first kappa shape index (κ1) is 12.5. The molecule has 0 amide bonds.